The summed E-state index contributed by atoms with van der Waals surface area (Å²) in [4.78, 5) is 0. The van der Waals surface area contributed by atoms with E-state index in [-0.39, 0.29) is 5.54 Å². The Morgan fingerprint density at radius 3 is 2.44 bits per heavy atom. The van der Waals surface area contributed by atoms with Gasteiger partial charge in [-0.2, -0.15) is 0 Å². The van der Waals surface area contributed by atoms with Gasteiger partial charge in [0.25, 0.3) is 0 Å². The highest BCUT2D eigenvalue weighted by Gasteiger charge is 2.27. The van der Waals surface area contributed by atoms with Crippen LogP contribution in [0, 0.1) is 0 Å². The van der Waals surface area contributed by atoms with Crippen molar-refractivity contribution in [1.29, 1.82) is 0 Å². The minimum absolute atomic E-state index is 0.153. The molecule has 16 heavy (non-hydrogen) atoms. The molecule has 1 saturated heterocycles. The number of nitrogens with zero attached hydrogens (tertiary/aromatic N) is 1. The Bertz CT molecular complexity index is 306. The lowest BCUT2D eigenvalue weighted by Gasteiger charge is -2.21. The van der Waals surface area contributed by atoms with E-state index in [1.807, 2.05) is 0 Å². The second kappa shape index (κ2) is 5.47. The molecule has 0 aromatic heterocycles. The molecule has 0 aromatic carbocycles. The number of hydrogen-bond donors (Lipinski definition) is 1. The second-order valence-electron chi connectivity index (χ2n) is 5.45. The lowest BCUT2D eigenvalue weighted by Crippen LogP contribution is -2.36. The minimum atomic E-state index is -2.89. The molecule has 0 amide bonds. The highest BCUT2D eigenvalue weighted by Crippen LogP contribution is 2.13. The predicted octanol–water partition coefficient (Wildman–Crippen LogP) is 1.19. The zero-order valence-electron chi connectivity index (χ0n) is 10.6. The number of sulfonamides is 1. The molecule has 0 aromatic rings. The Balaban J connectivity index is 2.12. The van der Waals surface area contributed by atoms with Crippen LogP contribution >= 0.6 is 0 Å². The van der Waals surface area contributed by atoms with Gasteiger partial charge in [0.05, 0.1) is 5.75 Å². The van der Waals surface area contributed by atoms with Gasteiger partial charge in [-0.1, -0.05) is 0 Å². The molecule has 0 unspecified atom stereocenters. The molecule has 0 saturated carbocycles. The van der Waals surface area contributed by atoms with Crippen LogP contribution in [0.3, 0.4) is 0 Å². The maximum atomic E-state index is 11.5. The number of unbranched alkanes of at least 4 members (excludes halogenated alkanes) is 1. The Kier molecular flexibility index (Phi) is 4.76. The highest BCUT2D eigenvalue weighted by molar-refractivity contribution is 7.89. The summed E-state index contributed by atoms with van der Waals surface area (Å²) in [6.07, 6.45) is 2.77. The molecule has 5 heteroatoms. The fourth-order valence-electron chi connectivity index (χ4n) is 1.82. The van der Waals surface area contributed by atoms with Gasteiger partial charge < -0.3 is 5.32 Å². The van der Waals surface area contributed by atoms with Crippen molar-refractivity contribution in [1.82, 2.24) is 9.62 Å². The van der Waals surface area contributed by atoms with Crippen LogP contribution in [0.5, 0.6) is 0 Å². The molecule has 1 aliphatic rings. The summed E-state index contributed by atoms with van der Waals surface area (Å²) in [6, 6.07) is 0. The van der Waals surface area contributed by atoms with E-state index < -0.39 is 10.0 Å². The maximum absolute atomic E-state index is 11.5. The second-order valence-corrected chi connectivity index (χ2v) is 7.54. The van der Waals surface area contributed by atoms with Crippen molar-refractivity contribution < 1.29 is 8.42 Å². The van der Waals surface area contributed by atoms with E-state index >= 15 is 0 Å². The van der Waals surface area contributed by atoms with E-state index in [0.29, 0.717) is 12.3 Å². The van der Waals surface area contributed by atoms with Gasteiger partial charge in [0, 0.05) is 18.6 Å². The lowest BCUT2D eigenvalue weighted by atomic mass is 10.1. The topological polar surface area (TPSA) is 49.4 Å². The first-order valence-electron chi connectivity index (χ1n) is 6.04. The third-order valence-electron chi connectivity index (χ3n) is 2.69. The zero-order valence-corrected chi connectivity index (χ0v) is 11.4. The first-order valence-corrected chi connectivity index (χ1v) is 7.65. The Labute approximate surface area is 99.5 Å². The molecule has 1 N–H and O–H groups in total. The minimum Gasteiger partial charge on any atom is -0.312 e. The smallest absolute Gasteiger partial charge is 0.214 e. The van der Waals surface area contributed by atoms with E-state index in [1.165, 1.54) is 0 Å². The maximum Gasteiger partial charge on any atom is 0.214 e. The van der Waals surface area contributed by atoms with E-state index in [1.54, 1.807) is 4.31 Å². The Hall–Kier alpha value is -0.130. The molecule has 1 aliphatic heterocycles. The molecule has 1 rings (SSSR count). The first-order chi connectivity index (χ1) is 7.31. The number of rotatable bonds is 5. The van der Waals surface area contributed by atoms with E-state index in [2.05, 4.69) is 26.1 Å². The molecule has 0 radical (unpaired) electrons. The average Bonchev–Trinajstić information content (AvgIpc) is 2.43. The van der Waals surface area contributed by atoms with Crippen LogP contribution in [-0.4, -0.2) is 43.6 Å². The van der Waals surface area contributed by atoms with Crippen LogP contribution in [0.25, 0.3) is 0 Å². The SMILES string of the molecule is CC(C)(C)NCCCCN1CCCS1(=O)=O. The van der Waals surface area contributed by atoms with Crippen LogP contribution in [-0.2, 0) is 10.0 Å². The fraction of sp³-hybridized carbons (Fsp3) is 1.00. The summed E-state index contributed by atoms with van der Waals surface area (Å²) in [6.45, 7) is 8.77. The number of hydrogen-bond acceptors (Lipinski definition) is 3. The monoisotopic (exact) mass is 248 g/mol. The molecule has 0 spiro atoms. The van der Waals surface area contributed by atoms with Gasteiger partial charge in [-0.05, 0) is 46.6 Å². The van der Waals surface area contributed by atoms with Crippen molar-refractivity contribution in [3.63, 3.8) is 0 Å². The Morgan fingerprint density at radius 1 is 1.25 bits per heavy atom. The molecule has 96 valence electrons. The summed E-state index contributed by atoms with van der Waals surface area (Å²) >= 11 is 0. The quantitative estimate of drug-likeness (QED) is 0.744. The van der Waals surface area contributed by atoms with Gasteiger partial charge >= 0.3 is 0 Å². The summed E-state index contributed by atoms with van der Waals surface area (Å²) < 4.78 is 24.6. The molecular formula is C11H24N2O2S. The van der Waals surface area contributed by atoms with Gasteiger partial charge in [0.2, 0.25) is 10.0 Å². The molecule has 0 atom stereocenters. The molecular weight excluding hydrogens is 224 g/mol. The van der Waals surface area contributed by atoms with E-state index in [4.69, 9.17) is 0 Å². The largest absolute Gasteiger partial charge is 0.312 e. The van der Waals surface area contributed by atoms with Crippen molar-refractivity contribution in [2.24, 2.45) is 0 Å². The van der Waals surface area contributed by atoms with Crippen molar-refractivity contribution >= 4 is 10.0 Å². The summed E-state index contributed by atoms with van der Waals surface area (Å²) in [5.74, 6) is 0.341. The Morgan fingerprint density at radius 2 is 1.94 bits per heavy atom. The lowest BCUT2D eigenvalue weighted by molar-refractivity contribution is 0.395. The molecule has 0 aliphatic carbocycles. The summed E-state index contributed by atoms with van der Waals surface area (Å²) in [5.41, 5.74) is 0.153. The number of nitrogens with one attached hydrogen (secondary N) is 1. The normalized spacial score (nSPS) is 21.4. The van der Waals surface area contributed by atoms with Crippen molar-refractivity contribution in [3.8, 4) is 0 Å². The third-order valence-corrected chi connectivity index (χ3v) is 4.65. The zero-order chi connectivity index (χ0) is 12.2. The molecule has 1 fully saturated rings. The van der Waals surface area contributed by atoms with Crippen LogP contribution in [0.2, 0.25) is 0 Å². The van der Waals surface area contributed by atoms with Crippen LogP contribution in [0.1, 0.15) is 40.0 Å². The summed E-state index contributed by atoms with van der Waals surface area (Å²) in [7, 11) is -2.89. The van der Waals surface area contributed by atoms with Crippen molar-refractivity contribution in [2.75, 3.05) is 25.4 Å². The molecule has 1 heterocycles. The molecule has 4 nitrogen and oxygen atoms in total. The third kappa shape index (κ3) is 4.80. The van der Waals surface area contributed by atoms with Gasteiger partial charge in [-0.15, -0.1) is 0 Å². The van der Waals surface area contributed by atoms with Gasteiger partial charge in [-0.25, -0.2) is 12.7 Å². The van der Waals surface area contributed by atoms with Crippen LogP contribution in [0.15, 0.2) is 0 Å². The molecule has 0 bridgehead atoms. The fourth-order valence-corrected chi connectivity index (χ4v) is 3.39. The summed E-state index contributed by atoms with van der Waals surface area (Å²) in [5, 5.41) is 3.40. The highest BCUT2D eigenvalue weighted by atomic mass is 32.2. The van der Waals surface area contributed by atoms with Crippen molar-refractivity contribution in [2.45, 2.75) is 45.6 Å². The van der Waals surface area contributed by atoms with Crippen LogP contribution in [0.4, 0.5) is 0 Å². The van der Waals surface area contributed by atoms with E-state index in [9.17, 15) is 8.42 Å². The first kappa shape index (κ1) is 13.9. The van der Waals surface area contributed by atoms with Gasteiger partial charge in [-0.3, -0.25) is 0 Å². The van der Waals surface area contributed by atoms with E-state index in [0.717, 1.165) is 32.4 Å². The standard InChI is InChI=1S/C11H24N2O2S/c1-11(2,3)12-7-4-5-8-13-9-6-10-16(13,14)15/h12H,4-10H2,1-3H3. The van der Waals surface area contributed by atoms with Crippen molar-refractivity contribution in [3.05, 3.63) is 0 Å². The van der Waals surface area contributed by atoms with Gasteiger partial charge in [0.1, 0.15) is 0 Å². The average molecular weight is 248 g/mol. The van der Waals surface area contributed by atoms with Gasteiger partial charge in [0.15, 0.2) is 0 Å². The van der Waals surface area contributed by atoms with Crippen LogP contribution < -0.4 is 5.32 Å². The predicted molar refractivity (Wildman–Crippen MR) is 67.0 cm³/mol.